The summed E-state index contributed by atoms with van der Waals surface area (Å²) in [7, 11) is 0. The van der Waals surface area contributed by atoms with E-state index in [4.69, 9.17) is 16.0 Å². The molecular formula is C17H21ClN4O2. The zero-order valence-corrected chi connectivity index (χ0v) is 14.4. The third kappa shape index (κ3) is 4.07. The summed E-state index contributed by atoms with van der Waals surface area (Å²) >= 11 is 6.19. The molecule has 1 fully saturated rings. The molecule has 0 saturated carbocycles. The first kappa shape index (κ1) is 16.8. The lowest BCUT2D eigenvalue weighted by atomic mass is 10.2. The zero-order chi connectivity index (χ0) is 16.9. The molecule has 1 amide bonds. The maximum Gasteiger partial charge on any atom is 0.234 e. The van der Waals surface area contributed by atoms with Gasteiger partial charge in [0.15, 0.2) is 0 Å². The van der Waals surface area contributed by atoms with E-state index in [0.29, 0.717) is 11.6 Å². The summed E-state index contributed by atoms with van der Waals surface area (Å²) in [5.74, 6) is 0.773. The van der Waals surface area contributed by atoms with Crippen LogP contribution in [0.1, 0.15) is 18.7 Å². The number of halogens is 1. The summed E-state index contributed by atoms with van der Waals surface area (Å²) in [6.07, 6.45) is 5.02. The van der Waals surface area contributed by atoms with Gasteiger partial charge < -0.3 is 14.6 Å². The molecule has 0 spiro atoms. The standard InChI is InChI=1S/C17H21ClN4O2/c1-13(16-3-2-10-24-16)20-17(23)12-21-6-8-22(9-7-21)15-4-5-19-11-14(15)18/h2-5,10-11,13H,6-9,12H2,1H3,(H,20,23)/t13-/m0/s1. The second kappa shape index (κ2) is 7.68. The Kier molecular flexibility index (Phi) is 5.37. The number of furan rings is 1. The van der Waals surface area contributed by atoms with E-state index in [9.17, 15) is 4.79 Å². The minimum Gasteiger partial charge on any atom is -0.467 e. The van der Waals surface area contributed by atoms with E-state index in [1.807, 2.05) is 25.1 Å². The molecule has 2 aromatic rings. The van der Waals surface area contributed by atoms with Gasteiger partial charge in [-0.05, 0) is 25.1 Å². The van der Waals surface area contributed by atoms with Crippen molar-refractivity contribution in [1.29, 1.82) is 0 Å². The molecule has 1 aliphatic rings. The average molecular weight is 349 g/mol. The minimum atomic E-state index is -0.121. The maximum absolute atomic E-state index is 12.2. The molecule has 1 N–H and O–H groups in total. The maximum atomic E-state index is 12.2. The van der Waals surface area contributed by atoms with Crippen molar-refractivity contribution in [1.82, 2.24) is 15.2 Å². The summed E-state index contributed by atoms with van der Waals surface area (Å²) in [6, 6.07) is 5.49. The Hall–Kier alpha value is -2.05. The van der Waals surface area contributed by atoms with Gasteiger partial charge >= 0.3 is 0 Å². The van der Waals surface area contributed by atoms with Crippen LogP contribution in [0.3, 0.4) is 0 Å². The number of pyridine rings is 1. The van der Waals surface area contributed by atoms with E-state index < -0.39 is 0 Å². The van der Waals surface area contributed by atoms with Crippen molar-refractivity contribution in [2.45, 2.75) is 13.0 Å². The van der Waals surface area contributed by atoms with Gasteiger partial charge in [0.05, 0.1) is 29.6 Å². The smallest absolute Gasteiger partial charge is 0.234 e. The number of hydrogen-bond donors (Lipinski definition) is 1. The Bertz CT molecular complexity index is 669. The van der Waals surface area contributed by atoms with Crippen molar-refractivity contribution in [2.75, 3.05) is 37.6 Å². The molecule has 24 heavy (non-hydrogen) atoms. The molecule has 0 unspecified atom stereocenters. The van der Waals surface area contributed by atoms with Crippen molar-refractivity contribution in [3.8, 4) is 0 Å². The van der Waals surface area contributed by atoms with Gasteiger partial charge in [0, 0.05) is 38.6 Å². The van der Waals surface area contributed by atoms with Gasteiger partial charge in [-0.15, -0.1) is 0 Å². The molecule has 7 heteroatoms. The summed E-state index contributed by atoms with van der Waals surface area (Å²) in [6.45, 7) is 5.63. The molecule has 1 atom stereocenters. The predicted octanol–water partition coefficient (Wildman–Crippen LogP) is 2.33. The first-order valence-electron chi connectivity index (χ1n) is 8.03. The van der Waals surface area contributed by atoms with E-state index in [1.165, 1.54) is 0 Å². The van der Waals surface area contributed by atoms with Crippen molar-refractivity contribution >= 4 is 23.2 Å². The Balaban J connectivity index is 1.47. The summed E-state index contributed by atoms with van der Waals surface area (Å²) in [4.78, 5) is 20.6. The Morgan fingerprint density at radius 1 is 1.38 bits per heavy atom. The van der Waals surface area contributed by atoms with Crippen molar-refractivity contribution in [3.05, 3.63) is 47.6 Å². The number of hydrogen-bond acceptors (Lipinski definition) is 5. The number of carbonyl (C=O) groups excluding carboxylic acids is 1. The molecule has 0 aromatic carbocycles. The molecule has 128 valence electrons. The fourth-order valence-electron chi connectivity index (χ4n) is 2.87. The predicted molar refractivity (Wildman–Crippen MR) is 93.2 cm³/mol. The van der Waals surface area contributed by atoms with Gasteiger partial charge in [0.25, 0.3) is 0 Å². The van der Waals surface area contributed by atoms with Crippen LogP contribution in [-0.2, 0) is 4.79 Å². The fourth-order valence-corrected chi connectivity index (χ4v) is 3.11. The van der Waals surface area contributed by atoms with Crippen LogP contribution in [0.15, 0.2) is 41.3 Å². The second-order valence-corrected chi connectivity index (χ2v) is 6.30. The molecule has 0 aliphatic carbocycles. The monoisotopic (exact) mass is 348 g/mol. The SMILES string of the molecule is C[C@H](NC(=O)CN1CCN(c2ccncc2Cl)CC1)c1ccco1. The molecule has 3 heterocycles. The van der Waals surface area contributed by atoms with E-state index in [-0.39, 0.29) is 11.9 Å². The molecule has 3 rings (SSSR count). The number of carbonyl (C=O) groups is 1. The van der Waals surface area contributed by atoms with Gasteiger partial charge in [-0.1, -0.05) is 11.6 Å². The van der Waals surface area contributed by atoms with Crippen LogP contribution >= 0.6 is 11.6 Å². The van der Waals surface area contributed by atoms with Crippen LogP contribution in [0, 0.1) is 0 Å². The highest BCUT2D eigenvalue weighted by Crippen LogP contribution is 2.25. The lowest BCUT2D eigenvalue weighted by Gasteiger charge is -2.36. The first-order valence-corrected chi connectivity index (χ1v) is 8.41. The van der Waals surface area contributed by atoms with Crippen LogP contribution in [0.25, 0.3) is 0 Å². The lowest BCUT2D eigenvalue weighted by molar-refractivity contribution is -0.123. The Morgan fingerprint density at radius 2 is 2.17 bits per heavy atom. The summed E-state index contributed by atoms with van der Waals surface area (Å²) in [5, 5.41) is 3.63. The third-order valence-corrected chi connectivity index (χ3v) is 4.47. The second-order valence-electron chi connectivity index (χ2n) is 5.89. The van der Waals surface area contributed by atoms with E-state index >= 15 is 0 Å². The van der Waals surface area contributed by atoms with Gasteiger partial charge in [-0.25, -0.2) is 0 Å². The number of piperazine rings is 1. The Labute approximate surface area is 146 Å². The third-order valence-electron chi connectivity index (χ3n) is 4.18. The highest BCUT2D eigenvalue weighted by atomic mass is 35.5. The van der Waals surface area contributed by atoms with Crippen LogP contribution < -0.4 is 10.2 Å². The molecular weight excluding hydrogens is 328 g/mol. The van der Waals surface area contributed by atoms with Crippen molar-refractivity contribution in [2.24, 2.45) is 0 Å². The molecule has 0 bridgehead atoms. The molecule has 1 aliphatic heterocycles. The van der Waals surface area contributed by atoms with Crippen LogP contribution in [-0.4, -0.2) is 48.5 Å². The van der Waals surface area contributed by atoms with E-state index in [1.54, 1.807) is 18.7 Å². The van der Waals surface area contributed by atoms with Crippen LogP contribution in [0.2, 0.25) is 5.02 Å². The number of anilines is 1. The van der Waals surface area contributed by atoms with E-state index in [0.717, 1.165) is 37.6 Å². The highest BCUT2D eigenvalue weighted by Gasteiger charge is 2.21. The zero-order valence-electron chi connectivity index (χ0n) is 13.6. The summed E-state index contributed by atoms with van der Waals surface area (Å²) in [5.41, 5.74) is 1.00. The van der Waals surface area contributed by atoms with Crippen LogP contribution in [0.5, 0.6) is 0 Å². The normalized spacial score (nSPS) is 16.8. The van der Waals surface area contributed by atoms with Gasteiger partial charge in [0.2, 0.25) is 5.91 Å². The van der Waals surface area contributed by atoms with Gasteiger partial charge in [-0.2, -0.15) is 0 Å². The first-order chi connectivity index (χ1) is 11.6. The average Bonchev–Trinajstić information content (AvgIpc) is 3.11. The fraction of sp³-hybridized carbons (Fsp3) is 0.412. The highest BCUT2D eigenvalue weighted by molar-refractivity contribution is 6.33. The molecule has 0 radical (unpaired) electrons. The topological polar surface area (TPSA) is 61.6 Å². The molecule has 6 nitrogen and oxygen atoms in total. The number of rotatable bonds is 5. The quantitative estimate of drug-likeness (QED) is 0.898. The van der Waals surface area contributed by atoms with Crippen molar-refractivity contribution in [3.63, 3.8) is 0 Å². The van der Waals surface area contributed by atoms with Gasteiger partial charge in [0.1, 0.15) is 5.76 Å². The van der Waals surface area contributed by atoms with Gasteiger partial charge in [-0.3, -0.25) is 14.7 Å². The Morgan fingerprint density at radius 3 is 2.83 bits per heavy atom. The minimum absolute atomic E-state index is 0.00861. The molecule has 1 saturated heterocycles. The molecule has 2 aromatic heterocycles. The number of nitrogens with one attached hydrogen (secondary N) is 1. The number of amides is 1. The number of aromatic nitrogens is 1. The van der Waals surface area contributed by atoms with Crippen LogP contribution in [0.4, 0.5) is 5.69 Å². The largest absolute Gasteiger partial charge is 0.467 e. The lowest BCUT2D eigenvalue weighted by Crippen LogP contribution is -2.49. The number of nitrogens with zero attached hydrogens (tertiary/aromatic N) is 3. The van der Waals surface area contributed by atoms with Crippen molar-refractivity contribution < 1.29 is 9.21 Å². The van der Waals surface area contributed by atoms with E-state index in [2.05, 4.69) is 20.1 Å². The summed E-state index contributed by atoms with van der Waals surface area (Å²) < 4.78 is 5.31.